The predicted octanol–water partition coefficient (Wildman–Crippen LogP) is 2.52. The molecular weight excluding hydrogens is 340 g/mol. The van der Waals surface area contributed by atoms with Gasteiger partial charge in [-0.15, -0.1) is 0 Å². The number of carbonyl (C=O) groups is 1. The topological polar surface area (TPSA) is 62.1 Å². The first-order valence-corrected chi connectivity index (χ1v) is 8.58. The monoisotopic (exact) mass is 356 g/mol. The fraction of sp³-hybridized carbons (Fsp3) is 0.222. The molecule has 2 heterocycles. The van der Waals surface area contributed by atoms with Gasteiger partial charge in [-0.2, -0.15) is 4.99 Å². The van der Waals surface area contributed by atoms with Crippen molar-refractivity contribution in [3.05, 3.63) is 47.3 Å². The number of hydrogen-bond acceptors (Lipinski definition) is 5. The third-order valence-electron chi connectivity index (χ3n) is 4.00. The van der Waals surface area contributed by atoms with Crippen molar-refractivity contribution in [3.8, 4) is 17.2 Å². The highest BCUT2D eigenvalue weighted by molar-refractivity contribution is 7.16. The Morgan fingerprint density at radius 3 is 2.84 bits per heavy atom. The summed E-state index contributed by atoms with van der Waals surface area (Å²) in [5.74, 6) is 1.58. The Bertz CT molecular complexity index is 1020. The van der Waals surface area contributed by atoms with Crippen molar-refractivity contribution in [2.24, 2.45) is 12.0 Å². The summed E-state index contributed by atoms with van der Waals surface area (Å²) < 4.78 is 19.6. The molecule has 0 N–H and O–H groups in total. The number of carbonyl (C=O) groups excluding carboxylic acids is 1. The minimum absolute atomic E-state index is 0.150. The highest BCUT2D eigenvalue weighted by Gasteiger charge is 2.27. The molecule has 0 saturated heterocycles. The molecule has 2 aromatic carbocycles. The fourth-order valence-electron chi connectivity index (χ4n) is 2.75. The van der Waals surface area contributed by atoms with Crippen molar-refractivity contribution in [3.63, 3.8) is 0 Å². The first-order valence-electron chi connectivity index (χ1n) is 7.77. The van der Waals surface area contributed by atoms with Gasteiger partial charge in [0.1, 0.15) is 17.9 Å². The van der Waals surface area contributed by atoms with Crippen LogP contribution in [0.5, 0.6) is 17.2 Å². The average Bonchev–Trinajstić information content (AvgIpc) is 2.97. The summed E-state index contributed by atoms with van der Waals surface area (Å²) in [6.07, 6.45) is -0.748. The van der Waals surface area contributed by atoms with Gasteiger partial charge < -0.3 is 18.8 Å². The van der Waals surface area contributed by atoms with E-state index < -0.39 is 6.10 Å². The van der Waals surface area contributed by atoms with Crippen molar-refractivity contribution in [1.29, 1.82) is 0 Å². The molecule has 0 saturated carbocycles. The second-order valence-electron chi connectivity index (χ2n) is 5.56. The summed E-state index contributed by atoms with van der Waals surface area (Å²) in [5.41, 5.74) is 0.910. The molecule has 0 radical (unpaired) electrons. The molecule has 25 heavy (non-hydrogen) atoms. The lowest BCUT2D eigenvalue weighted by Crippen LogP contribution is -2.36. The van der Waals surface area contributed by atoms with Crippen LogP contribution < -0.4 is 19.0 Å². The standard InChI is InChI=1S/C18H16N2O4S/c1-20-16-13(22-2)8-5-9-15(16)25-18(20)19-17(21)14-10-23-11-6-3-4-7-12(11)24-14/h3-9,14H,10H2,1-2H3/t14-/m0/s1. The molecule has 1 amide bonds. The number of amides is 1. The molecular formula is C18H16N2O4S. The highest BCUT2D eigenvalue weighted by atomic mass is 32.1. The molecule has 1 atom stereocenters. The normalized spacial score (nSPS) is 16.9. The summed E-state index contributed by atoms with van der Waals surface area (Å²) in [5, 5.41) is 0. The van der Waals surface area contributed by atoms with Gasteiger partial charge in [0, 0.05) is 7.05 Å². The van der Waals surface area contributed by atoms with Gasteiger partial charge in [0.15, 0.2) is 16.3 Å². The van der Waals surface area contributed by atoms with Crippen LogP contribution in [0.25, 0.3) is 10.2 Å². The minimum atomic E-state index is -0.748. The number of aryl methyl sites for hydroxylation is 1. The van der Waals surface area contributed by atoms with Crippen molar-refractivity contribution in [2.45, 2.75) is 6.10 Å². The Labute approximate surface area is 147 Å². The third-order valence-corrected chi connectivity index (χ3v) is 5.09. The van der Waals surface area contributed by atoms with Crippen LogP contribution in [0.4, 0.5) is 0 Å². The van der Waals surface area contributed by atoms with Crippen LogP contribution in [0, 0.1) is 0 Å². The van der Waals surface area contributed by atoms with Crippen LogP contribution in [0.1, 0.15) is 0 Å². The molecule has 6 nitrogen and oxygen atoms in total. The molecule has 1 aliphatic heterocycles. The van der Waals surface area contributed by atoms with E-state index in [9.17, 15) is 4.79 Å². The van der Waals surface area contributed by atoms with Crippen LogP contribution in [-0.4, -0.2) is 30.3 Å². The summed E-state index contributed by atoms with van der Waals surface area (Å²) in [4.78, 5) is 17.4. The van der Waals surface area contributed by atoms with Crippen LogP contribution in [-0.2, 0) is 11.8 Å². The Morgan fingerprint density at radius 1 is 1.24 bits per heavy atom. The fourth-order valence-corrected chi connectivity index (χ4v) is 3.79. The van der Waals surface area contributed by atoms with E-state index in [1.165, 1.54) is 11.3 Å². The second-order valence-corrected chi connectivity index (χ2v) is 6.57. The zero-order valence-electron chi connectivity index (χ0n) is 13.8. The molecule has 0 fully saturated rings. The first-order chi connectivity index (χ1) is 12.2. The van der Waals surface area contributed by atoms with Crippen molar-refractivity contribution in [2.75, 3.05) is 13.7 Å². The summed E-state index contributed by atoms with van der Waals surface area (Å²) in [6.45, 7) is 0.150. The van der Waals surface area contributed by atoms with Crippen LogP contribution in [0.2, 0.25) is 0 Å². The second kappa shape index (κ2) is 6.25. The van der Waals surface area contributed by atoms with Crippen molar-refractivity contribution in [1.82, 2.24) is 4.57 Å². The summed E-state index contributed by atoms with van der Waals surface area (Å²) >= 11 is 1.43. The maximum Gasteiger partial charge on any atom is 0.292 e. The SMILES string of the molecule is COc1cccc2sc(=NC(=O)[C@@H]3COc4ccccc4O3)n(C)c12. The summed E-state index contributed by atoms with van der Waals surface area (Å²) in [7, 11) is 3.49. The average molecular weight is 356 g/mol. The van der Waals surface area contributed by atoms with Crippen LogP contribution >= 0.6 is 11.3 Å². The molecule has 7 heteroatoms. The lowest BCUT2D eigenvalue weighted by Gasteiger charge is -2.23. The molecule has 128 valence electrons. The van der Waals surface area contributed by atoms with Crippen LogP contribution in [0.15, 0.2) is 47.5 Å². The van der Waals surface area contributed by atoms with E-state index in [2.05, 4.69) is 4.99 Å². The van der Waals surface area contributed by atoms with E-state index in [1.54, 1.807) is 13.2 Å². The number of nitrogens with zero attached hydrogens (tertiary/aromatic N) is 2. The lowest BCUT2D eigenvalue weighted by molar-refractivity contribution is -0.127. The number of fused-ring (bicyclic) bond motifs is 2. The molecule has 1 aliphatic rings. The number of ether oxygens (including phenoxy) is 3. The van der Waals surface area contributed by atoms with Gasteiger partial charge in [0.2, 0.25) is 6.10 Å². The molecule has 0 spiro atoms. The molecule has 3 aromatic rings. The Morgan fingerprint density at radius 2 is 2.04 bits per heavy atom. The van der Waals surface area contributed by atoms with E-state index in [0.717, 1.165) is 16.0 Å². The maximum absolute atomic E-state index is 12.6. The Kier molecular flexibility index (Phi) is 3.93. The van der Waals surface area contributed by atoms with Gasteiger partial charge in [0.05, 0.1) is 11.8 Å². The van der Waals surface area contributed by atoms with Crippen molar-refractivity contribution >= 4 is 27.5 Å². The van der Waals surface area contributed by atoms with Gasteiger partial charge in [-0.1, -0.05) is 29.5 Å². The minimum Gasteiger partial charge on any atom is -0.495 e. The van der Waals surface area contributed by atoms with E-state index in [4.69, 9.17) is 14.2 Å². The largest absolute Gasteiger partial charge is 0.495 e. The number of para-hydroxylation sites is 3. The predicted molar refractivity (Wildman–Crippen MR) is 94.3 cm³/mol. The molecule has 0 aliphatic carbocycles. The number of rotatable bonds is 2. The van der Waals surface area contributed by atoms with Gasteiger partial charge in [-0.25, -0.2) is 0 Å². The molecule has 0 bridgehead atoms. The van der Waals surface area contributed by atoms with Gasteiger partial charge in [-0.05, 0) is 24.3 Å². The molecule has 4 rings (SSSR count). The zero-order valence-corrected chi connectivity index (χ0v) is 14.6. The number of benzene rings is 2. The van der Waals surface area contributed by atoms with E-state index in [-0.39, 0.29) is 12.5 Å². The number of aromatic nitrogens is 1. The summed E-state index contributed by atoms with van der Waals surface area (Å²) in [6, 6.07) is 13.1. The van der Waals surface area contributed by atoms with E-state index in [1.807, 2.05) is 48.0 Å². The van der Waals surface area contributed by atoms with Gasteiger partial charge in [-0.3, -0.25) is 4.79 Å². The van der Waals surface area contributed by atoms with E-state index in [0.29, 0.717) is 16.3 Å². The van der Waals surface area contributed by atoms with Crippen LogP contribution in [0.3, 0.4) is 0 Å². The maximum atomic E-state index is 12.6. The molecule has 0 unspecified atom stereocenters. The quantitative estimate of drug-likeness (QED) is 0.708. The Hall–Kier alpha value is -2.80. The smallest absolute Gasteiger partial charge is 0.292 e. The zero-order chi connectivity index (χ0) is 17.4. The molecule has 1 aromatic heterocycles. The Balaban J connectivity index is 1.69. The lowest BCUT2D eigenvalue weighted by atomic mass is 10.2. The van der Waals surface area contributed by atoms with Gasteiger partial charge in [0.25, 0.3) is 5.91 Å². The number of hydrogen-bond donors (Lipinski definition) is 0. The first kappa shape index (κ1) is 15.7. The highest BCUT2D eigenvalue weighted by Crippen LogP contribution is 2.31. The number of thiazole rings is 1. The van der Waals surface area contributed by atoms with Crippen molar-refractivity contribution < 1.29 is 19.0 Å². The third kappa shape index (κ3) is 2.76. The number of methoxy groups -OCH3 is 1. The van der Waals surface area contributed by atoms with Gasteiger partial charge >= 0.3 is 0 Å². The van der Waals surface area contributed by atoms with E-state index >= 15 is 0 Å².